The first-order chi connectivity index (χ1) is 10.9. The summed E-state index contributed by atoms with van der Waals surface area (Å²) in [6.45, 7) is 4.01. The van der Waals surface area contributed by atoms with Gasteiger partial charge in [-0.2, -0.15) is 5.10 Å². The first-order valence-electron chi connectivity index (χ1n) is 7.13. The number of hydrogen-bond donors (Lipinski definition) is 2. The van der Waals surface area contributed by atoms with Gasteiger partial charge in [0.05, 0.1) is 11.5 Å². The molecule has 2 heterocycles. The predicted octanol–water partition coefficient (Wildman–Crippen LogP) is 1.01. The van der Waals surface area contributed by atoms with E-state index in [0.29, 0.717) is 12.3 Å². The number of nitrogens with one attached hydrogen (secondary N) is 1. The molecule has 1 atom stereocenters. The van der Waals surface area contributed by atoms with Crippen molar-refractivity contribution in [2.75, 3.05) is 19.5 Å². The lowest BCUT2D eigenvalue weighted by Crippen LogP contribution is -2.40. The Balaban J connectivity index is 2.23. The van der Waals surface area contributed by atoms with E-state index < -0.39 is 5.56 Å². The highest BCUT2D eigenvalue weighted by Gasteiger charge is 2.13. The Kier molecular flexibility index (Phi) is 5.51. The minimum Gasteiger partial charge on any atom is -0.394 e. The summed E-state index contributed by atoms with van der Waals surface area (Å²) >= 11 is 1.55. The summed E-state index contributed by atoms with van der Waals surface area (Å²) in [5.74, 6) is -0.317. The summed E-state index contributed by atoms with van der Waals surface area (Å²) in [4.78, 5) is 26.1. The van der Waals surface area contributed by atoms with Crippen LogP contribution in [0.25, 0.3) is 10.6 Å². The van der Waals surface area contributed by atoms with E-state index in [4.69, 9.17) is 10.5 Å². The number of nitrogens with two attached hydrogens (primary N) is 1. The number of nitrogens with zero attached hydrogens (tertiary/aromatic N) is 2. The first-order valence-corrected chi connectivity index (χ1v) is 7.95. The molecule has 0 bridgehead atoms. The number of thiophene rings is 1. The number of aromatic nitrogens is 2. The van der Waals surface area contributed by atoms with E-state index >= 15 is 0 Å². The average molecular weight is 336 g/mol. The van der Waals surface area contributed by atoms with Crippen molar-refractivity contribution in [3.05, 3.63) is 33.4 Å². The maximum Gasteiger partial charge on any atom is 0.290 e. The molecule has 0 spiro atoms. The molecule has 8 heteroatoms. The number of nitrogen functional groups attached to an aromatic ring is 1. The van der Waals surface area contributed by atoms with E-state index in [1.807, 2.05) is 26.0 Å². The van der Waals surface area contributed by atoms with E-state index in [1.54, 1.807) is 18.4 Å². The van der Waals surface area contributed by atoms with Crippen molar-refractivity contribution < 1.29 is 9.53 Å². The maximum absolute atomic E-state index is 12.1. The van der Waals surface area contributed by atoms with Gasteiger partial charge in [-0.15, -0.1) is 11.3 Å². The molecule has 0 aliphatic carbocycles. The number of carbonyl (C=O) groups is 1. The molecule has 23 heavy (non-hydrogen) atoms. The predicted molar refractivity (Wildman–Crippen MR) is 90.4 cm³/mol. The lowest BCUT2D eigenvalue weighted by Gasteiger charge is -2.13. The normalized spacial score (nSPS) is 12.1. The van der Waals surface area contributed by atoms with Gasteiger partial charge in [0.2, 0.25) is 5.91 Å². The molecule has 0 radical (unpaired) electrons. The average Bonchev–Trinajstić information content (AvgIpc) is 2.90. The van der Waals surface area contributed by atoms with E-state index in [1.165, 1.54) is 6.07 Å². The van der Waals surface area contributed by atoms with Gasteiger partial charge in [0, 0.05) is 18.0 Å². The van der Waals surface area contributed by atoms with Gasteiger partial charge in [0.25, 0.3) is 5.56 Å². The van der Waals surface area contributed by atoms with Crippen molar-refractivity contribution in [1.29, 1.82) is 0 Å². The number of rotatable bonds is 6. The van der Waals surface area contributed by atoms with Crippen LogP contribution >= 0.6 is 11.3 Å². The zero-order valence-corrected chi connectivity index (χ0v) is 14.1. The summed E-state index contributed by atoms with van der Waals surface area (Å²) in [7, 11) is 1.56. The fraction of sp³-hybridized carbons (Fsp3) is 0.400. The highest BCUT2D eigenvalue weighted by atomic mass is 32.1. The number of ether oxygens (including phenoxy) is 1. The van der Waals surface area contributed by atoms with Crippen molar-refractivity contribution in [3.63, 3.8) is 0 Å². The summed E-state index contributed by atoms with van der Waals surface area (Å²) in [5, 5.41) is 6.99. The molecule has 0 aromatic carbocycles. The Hall–Kier alpha value is -2.19. The second-order valence-electron chi connectivity index (χ2n) is 5.28. The van der Waals surface area contributed by atoms with Crippen LogP contribution in [0.1, 0.15) is 11.8 Å². The third-order valence-corrected chi connectivity index (χ3v) is 4.14. The number of amides is 1. The Labute approximate surface area is 138 Å². The monoisotopic (exact) mass is 336 g/mol. The molecular weight excluding hydrogens is 316 g/mol. The lowest BCUT2D eigenvalue weighted by atomic mass is 10.3. The molecule has 2 aromatic heterocycles. The second-order valence-corrected chi connectivity index (χ2v) is 6.57. The van der Waals surface area contributed by atoms with Crippen LogP contribution in [0.4, 0.5) is 5.69 Å². The smallest absolute Gasteiger partial charge is 0.290 e. The zero-order valence-electron chi connectivity index (χ0n) is 13.3. The zero-order chi connectivity index (χ0) is 17.0. The van der Waals surface area contributed by atoms with E-state index in [2.05, 4.69) is 10.4 Å². The van der Waals surface area contributed by atoms with Gasteiger partial charge in [-0.05, 0) is 32.0 Å². The van der Waals surface area contributed by atoms with Gasteiger partial charge in [-0.1, -0.05) is 0 Å². The molecule has 2 rings (SSSR count). The number of anilines is 1. The molecule has 7 nitrogen and oxygen atoms in total. The molecule has 1 amide bonds. The van der Waals surface area contributed by atoms with Gasteiger partial charge >= 0.3 is 0 Å². The van der Waals surface area contributed by atoms with Crippen LogP contribution in [0.3, 0.4) is 0 Å². The Morgan fingerprint density at radius 3 is 2.87 bits per heavy atom. The second kappa shape index (κ2) is 7.38. The van der Waals surface area contributed by atoms with Gasteiger partial charge in [-0.25, -0.2) is 4.68 Å². The molecule has 0 unspecified atom stereocenters. The van der Waals surface area contributed by atoms with Gasteiger partial charge in [0.1, 0.15) is 17.9 Å². The summed E-state index contributed by atoms with van der Waals surface area (Å²) in [6, 6.07) is 5.27. The fourth-order valence-corrected chi connectivity index (χ4v) is 2.93. The van der Waals surface area contributed by atoms with E-state index in [9.17, 15) is 9.59 Å². The number of aryl methyl sites for hydroxylation is 1. The van der Waals surface area contributed by atoms with Crippen molar-refractivity contribution in [2.24, 2.45) is 0 Å². The molecule has 0 aliphatic rings. The third kappa shape index (κ3) is 4.40. The van der Waals surface area contributed by atoms with Crippen LogP contribution in [-0.2, 0) is 16.1 Å². The van der Waals surface area contributed by atoms with Crippen molar-refractivity contribution in [2.45, 2.75) is 26.4 Å². The highest BCUT2D eigenvalue weighted by molar-refractivity contribution is 7.15. The number of carbonyl (C=O) groups excluding carboxylic acids is 1. The Morgan fingerprint density at radius 2 is 2.26 bits per heavy atom. The van der Waals surface area contributed by atoms with Crippen LogP contribution in [0, 0.1) is 6.92 Å². The van der Waals surface area contributed by atoms with Crippen LogP contribution in [0.15, 0.2) is 23.0 Å². The molecule has 2 aromatic rings. The SMILES string of the molecule is COC[C@@H](C)NC(=O)Cn1nc(-c2ccc(C)s2)cc(N)c1=O. The molecule has 3 N–H and O–H groups in total. The Morgan fingerprint density at radius 1 is 1.52 bits per heavy atom. The summed E-state index contributed by atoms with van der Waals surface area (Å²) in [5.41, 5.74) is 5.94. The minimum absolute atomic E-state index is 0.0683. The molecule has 124 valence electrons. The molecule has 0 aliphatic heterocycles. The number of hydrogen-bond acceptors (Lipinski definition) is 6. The van der Waals surface area contributed by atoms with E-state index in [0.717, 1.165) is 14.4 Å². The summed E-state index contributed by atoms with van der Waals surface area (Å²) in [6.07, 6.45) is 0. The van der Waals surface area contributed by atoms with Gasteiger partial charge in [0.15, 0.2) is 0 Å². The molecule has 0 fully saturated rings. The molecular formula is C15H20N4O3S. The third-order valence-electron chi connectivity index (χ3n) is 3.11. The topological polar surface area (TPSA) is 99.2 Å². The van der Waals surface area contributed by atoms with Gasteiger partial charge in [-0.3, -0.25) is 9.59 Å². The van der Waals surface area contributed by atoms with Crippen LogP contribution in [0.5, 0.6) is 0 Å². The maximum atomic E-state index is 12.1. The fourth-order valence-electron chi connectivity index (χ4n) is 2.11. The van der Waals surface area contributed by atoms with Gasteiger partial charge < -0.3 is 15.8 Å². The molecule has 0 saturated carbocycles. The number of methoxy groups -OCH3 is 1. The van der Waals surface area contributed by atoms with Crippen LogP contribution < -0.4 is 16.6 Å². The van der Waals surface area contributed by atoms with Crippen molar-refractivity contribution in [3.8, 4) is 10.6 Å². The van der Waals surface area contributed by atoms with Crippen LogP contribution in [-0.4, -0.2) is 35.4 Å². The standard InChI is InChI=1S/C15H20N4O3S/c1-9(8-22-3)17-14(20)7-19-15(21)11(16)6-12(18-19)13-5-4-10(2)23-13/h4-6,9H,7-8,16H2,1-3H3,(H,17,20)/t9-/m1/s1. The first kappa shape index (κ1) is 17.2. The highest BCUT2D eigenvalue weighted by Crippen LogP contribution is 2.26. The minimum atomic E-state index is -0.475. The largest absolute Gasteiger partial charge is 0.394 e. The Bertz CT molecular complexity index is 753. The summed E-state index contributed by atoms with van der Waals surface area (Å²) < 4.78 is 6.05. The van der Waals surface area contributed by atoms with E-state index in [-0.39, 0.29) is 24.2 Å². The van der Waals surface area contributed by atoms with Crippen LogP contribution in [0.2, 0.25) is 0 Å². The molecule has 0 saturated heterocycles. The quantitative estimate of drug-likeness (QED) is 0.820. The van der Waals surface area contributed by atoms with Crippen molar-refractivity contribution in [1.82, 2.24) is 15.1 Å². The lowest BCUT2D eigenvalue weighted by molar-refractivity contribution is -0.122. The van der Waals surface area contributed by atoms with Crippen molar-refractivity contribution >= 4 is 22.9 Å².